The largest absolute Gasteiger partial charge is 0.368 e. The van der Waals surface area contributed by atoms with Gasteiger partial charge >= 0.3 is 0 Å². The highest BCUT2D eigenvalue weighted by Crippen LogP contribution is 2.39. The summed E-state index contributed by atoms with van der Waals surface area (Å²) in [6.45, 7) is 9.06. The number of nitrogens with one attached hydrogen (secondary N) is 1. The van der Waals surface area contributed by atoms with Gasteiger partial charge in [0.1, 0.15) is 21.5 Å². The monoisotopic (exact) mass is 622 g/mol. The number of likely N-dealkylation sites (N-methyl/N-ethyl adjacent to an activating group) is 1. The lowest BCUT2D eigenvalue weighted by molar-refractivity contribution is 0.274. The Bertz CT molecular complexity index is 1760. The molecule has 10 nitrogen and oxygen atoms in total. The van der Waals surface area contributed by atoms with Gasteiger partial charge in [0.25, 0.3) is 0 Å². The Morgan fingerprint density at radius 1 is 1.14 bits per heavy atom. The average Bonchev–Trinajstić information content (AvgIpc) is 3.53. The van der Waals surface area contributed by atoms with Crippen molar-refractivity contribution in [1.29, 1.82) is 0 Å². The molecule has 0 spiro atoms. The van der Waals surface area contributed by atoms with Crippen LogP contribution in [0.4, 0.5) is 17.3 Å². The molecule has 2 saturated heterocycles. The fourth-order valence-corrected chi connectivity index (χ4v) is 7.80. The highest BCUT2D eigenvalue weighted by atomic mass is 35.5. The molecule has 5 heterocycles. The number of nitrogens with zero attached hydrogens (tertiary/aromatic N) is 7. The van der Waals surface area contributed by atoms with E-state index in [9.17, 15) is 8.42 Å². The molecule has 0 unspecified atom stereocenters. The number of sulfone groups is 1. The van der Waals surface area contributed by atoms with Crippen molar-refractivity contribution >= 4 is 49.5 Å². The van der Waals surface area contributed by atoms with Gasteiger partial charge in [-0.15, -0.1) is 0 Å². The topological polar surface area (TPSA) is 109 Å². The normalized spacial score (nSPS) is 21.1. The molecule has 2 fully saturated rings. The van der Waals surface area contributed by atoms with E-state index in [0.29, 0.717) is 46.7 Å². The summed E-state index contributed by atoms with van der Waals surface area (Å²) in [6, 6.07) is 8.78. The van der Waals surface area contributed by atoms with E-state index in [4.69, 9.17) is 21.6 Å². The standard InChI is InChI=1S/C31H39ClN8O2S/c1-19(2)23-8-9-27(40-15-21(20(40)3)18-43(5,41)42)25-14-34-29(13-24(23)25)35-28-10-11-33-31(36-28)26-17-39(37-30(26)32)16-22-7-6-12-38(22)4/h8-11,13-14,17,19-22H,6-7,12,15-16,18H2,1-5H3,(H,33,34,35,36)/t20-,21-,22+/m1/s1. The third kappa shape index (κ3) is 6.21. The van der Waals surface area contributed by atoms with Crippen LogP contribution in [0.2, 0.25) is 5.15 Å². The SMILES string of the molecule is CC(C)c1ccc(N2C[C@H](CS(C)(=O)=O)[C@H]2C)c2cnc(Nc3ccnc(-c4cn(C[C@@H]5CCCN5C)nc4Cl)n3)cc12. The molecule has 2 aliphatic rings. The first-order chi connectivity index (χ1) is 20.5. The van der Waals surface area contributed by atoms with E-state index in [0.717, 1.165) is 36.0 Å². The van der Waals surface area contributed by atoms with Crippen LogP contribution in [-0.2, 0) is 16.4 Å². The zero-order valence-corrected chi connectivity index (χ0v) is 26.9. The molecule has 0 radical (unpaired) electrons. The Hall–Kier alpha value is -3.28. The van der Waals surface area contributed by atoms with Gasteiger partial charge < -0.3 is 15.1 Å². The molecule has 1 aromatic carbocycles. The van der Waals surface area contributed by atoms with E-state index in [1.54, 1.807) is 6.20 Å². The van der Waals surface area contributed by atoms with Gasteiger partial charge in [-0.05, 0) is 68.4 Å². The van der Waals surface area contributed by atoms with Gasteiger partial charge in [0.15, 0.2) is 11.0 Å². The molecular weight excluding hydrogens is 584 g/mol. The van der Waals surface area contributed by atoms with Crippen LogP contribution >= 0.6 is 11.6 Å². The molecular formula is C31H39ClN8O2S. The average molecular weight is 623 g/mol. The number of likely N-dealkylation sites (tertiary alicyclic amines) is 1. The van der Waals surface area contributed by atoms with E-state index < -0.39 is 9.84 Å². The Morgan fingerprint density at radius 3 is 2.65 bits per heavy atom. The Kier molecular flexibility index (Phi) is 8.08. The smallest absolute Gasteiger partial charge is 0.166 e. The maximum absolute atomic E-state index is 11.9. The van der Waals surface area contributed by atoms with Crippen molar-refractivity contribution in [2.24, 2.45) is 5.92 Å². The molecule has 3 atom stereocenters. The number of hydrogen-bond donors (Lipinski definition) is 1. The van der Waals surface area contributed by atoms with Crippen LogP contribution in [0.25, 0.3) is 22.2 Å². The molecule has 3 aromatic heterocycles. The fourth-order valence-electron chi connectivity index (χ4n) is 6.41. The first-order valence-corrected chi connectivity index (χ1v) is 17.3. The molecule has 6 rings (SSSR count). The molecule has 2 aliphatic heterocycles. The fraction of sp³-hybridized carbons (Fsp3) is 0.484. The third-order valence-corrected chi connectivity index (χ3v) is 10.2. The van der Waals surface area contributed by atoms with Crippen molar-refractivity contribution in [2.45, 2.75) is 58.2 Å². The minimum atomic E-state index is -3.02. The lowest BCUT2D eigenvalue weighted by Gasteiger charge is -2.48. The zero-order valence-electron chi connectivity index (χ0n) is 25.3. The van der Waals surface area contributed by atoms with E-state index >= 15 is 0 Å². The van der Waals surface area contributed by atoms with Crippen molar-refractivity contribution < 1.29 is 8.42 Å². The molecule has 0 bridgehead atoms. The maximum Gasteiger partial charge on any atom is 0.166 e. The summed E-state index contributed by atoms with van der Waals surface area (Å²) in [6.07, 6.45) is 9.20. The van der Waals surface area contributed by atoms with Crippen LogP contribution in [0.3, 0.4) is 0 Å². The maximum atomic E-state index is 11.9. The van der Waals surface area contributed by atoms with Gasteiger partial charge in [-0.25, -0.2) is 23.4 Å². The van der Waals surface area contributed by atoms with Crippen LogP contribution in [0.1, 0.15) is 45.1 Å². The van der Waals surface area contributed by atoms with Crippen molar-refractivity contribution in [3.05, 3.63) is 53.6 Å². The third-order valence-electron chi connectivity index (χ3n) is 8.90. The van der Waals surface area contributed by atoms with Crippen LogP contribution in [0.5, 0.6) is 0 Å². The number of hydrogen-bond acceptors (Lipinski definition) is 9. The summed E-state index contributed by atoms with van der Waals surface area (Å²) in [7, 11) is -0.870. The molecule has 0 saturated carbocycles. The summed E-state index contributed by atoms with van der Waals surface area (Å²) in [5, 5.41) is 10.4. The molecule has 228 valence electrons. The highest BCUT2D eigenvalue weighted by molar-refractivity contribution is 7.90. The minimum Gasteiger partial charge on any atom is -0.368 e. The number of pyridine rings is 1. The predicted molar refractivity (Wildman–Crippen MR) is 173 cm³/mol. The summed E-state index contributed by atoms with van der Waals surface area (Å²) in [5.41, 5.74) is 3.00. The quantitative estimate of drug-likeness (QED) is 0.263. The number of anilines is 3. The predicted octanol–water partition coefficient (Wildman–Crippen LogP) is 5.37. The van der Waals surface area contributed by atoms with Crippen LogP contribution < -0.4 is 10.2 Å². The van der Waals surface area contributed by atoms with E-state index in [-0.39, 0.29) is 17.7 Å². The Morgan fingerprint density at radius 2 is 1.95 bits per heavy atom. The van der Waals surface area contributed by atoms with E-state index in [2.05, 4.69) is 71.2 Å². The van der Waals surface area contributed by atoms with Crippen molar-refractivity contribution in [2.75, 3.05) is 42.4 Å². The summed E-state index contributed by atoms with van der Waals surface area (Å²) in [4.78, 5) is 18.6. The van der Waals surface area contributed by atoms with Gasteiger partial charge in [-0.2, -0.15) is 5.10 Å². The second-order valence-electron chi connectivity index (χ2n) is 12.4. The summed E-state index contributed by atoms with van der Waals surface area (Å²) >= 11 is 6.54. The van der Waals surface area contributed by atoms with Gasteiger partial charge in [0, 0.05) is 60.5 Å². The number of aromatic nitrogens is 5. The molecule has 0 amide bonds. The molecule has 12 heteroatoms. The van der Waals surface area contributed by atoms with Crippen LogP contribution in [0, 0.1) is 5.92 Å². The van der Waals surface area contributed by atoms with Crippen molar-refractivity contribution in [3.8, 4) is 11.4 Å². The van der Waals surface area contributed by atoms with Gasteiger partial charge in [0.05, 0.1) is 17.9 Å². The molecule has 43 heavy (non-hydrogen) atoms. The molecule has 1 N–H and O–H groups in total. The molecule has 4 aromatic rings. The second kappa shape index (κ2) is 11.7. The Labute approximate surface area is 258 Å². The number of benzene rings is 1. The van der Waals surface area contributed by atoms with Crippen LogP contribution in [0.15, 0.2) is 42.9 Å². The number of fused-ring (bicyclic) bond motifs is 1. The Balaban J connectivity index is 1.25. The van der Waals surface area contributed by atoms with Crippen molar-refractivity contribution in [3.63, 3.8) is 0 Å². The van der Waals surface area contributed by atoms with Crippen molar-refractivity contribution in [1.82, 2.24) is 29.6 Å². The first-order valence-electron chi connectivity index (χ1n) is 14.9. The zero-order chi connectivity index (χ0) is 30.5. The van der Waals surface area contributed by atoms with E-state index in [1.807, 2.05) is 23.1 Å². The van der Waals surface area contributed by atoms with Gasteiger partial charge in [-0.1, -0.05) is 31.5 Å². The summed E-state index contributed by atoms with van der Waals surface area (Å²) in [5.74, 6) is 2.44. The second-order valence-corrected chi connectivity index (χ2v) is 15.0. The summed E-state index contributed by atoms with van der Waals surface area (Å²) < 4.78 is 25.7. The van der Waals surface area contributed by atoms with Crippen LogP contribution in [-0.4, -0.2) is 82.3 Å². The lowest BCUT2D eigenvalue weighted by atomic mass is 9.88. The van der Waals surface area contributed by atoms with Gasteiger partial charge in [-0.3, -0.25) is 4.68 Å². The highest BCUT2D eigenvalue weighted by Gasteiger charge is 2.38. The lowest BCUT2D eigenvalue weighted by Crippen LogP contribution is -2.57. The van der Waals surface area contributed by atoms with E-state index in [1.165, 1.54) is 18.2 Å². The minimum absolute atomic E-state index is 0.125. The number of rotatable bonds is 9. The first kappa shape index (κ1) is 29.8. The molecule has 0 aliphatic carbocycles. The number of halogens is 1. The van der Waals surface area contributed by atoms with Gasteiger partial charge in [0.2, 0.25) is 0 Å².